The second-order valence-corrected chi connectivity index (χ2v) is 5.08. The lowest BCUT2D eigenvalue weighted by Gasteiger charge is -2.28. The molecule has 0 aromatic heterocycles. The van der Waals surface area contributed by atoms with E-state index in [-0.39, 0.29) is 18.9 Å². The van der Waals surface area contributed by atoms with E-state index < -0.39 is 62.2 Å². The van der Waals surface area contributed by atoms with Crippen molar-refractivity contribution in [1.29, 1.82) is 0 Å². The fourth-order valence-corrected chi connectivity index (χ4v) is 1.80. The van der Waals surface area contributed by atoms with Gasteiger partial charge in [-0.15, -0.1) is 0 Å². The van der Waals surface area contributed by atoms with Gasteiger partial charge in [0.1, 0.15) is 6.17 Å². The van der Waals surface area contributed by atoms with Crippen LogP contribution in [0.1, 0.15) is 19.3 Å². The first-order valence-corrected chi connectivity index (χ1v) is 7.13. The van der Waals surface area contributed by atoms with Crippen molar-refractivity contribution in [2.24, 2.45) is 0 Å². The molecule has 0 aromatic rings. The zero-order valence-electron chi connectivity index (χ0n) is 12.8. The molecule has 0 bridgehead atoms. The summed E-state index contributed by atoms with van der Waals surface area (Å²) in [5.74, 6) is -1.76. The maximum atomic E-state index is 13.6. The van der Waals surface area contributed by atoms with Crippen LogP contribution in [0.2, 0.25) is 0 Å². The summed E-state index contributed by atoms with van der Waals surface area (Å²) in [6.45, 7) is 1.90. The quantitative estimate of drug-likeness (QED) is 0.226. The maximum absolute atomic E-state index is 13.6. The topological polar surface area (TPSA) is 26.3 Å². The number of carbonyl (C=O) groups is 1. The summed E-state index contributed by atoms with van der Waals surface area (Å²) >= 11 is 0. The Morgan fingerprint density at radius 3 is 1.92 bits per heavy atom. The lowest BCUT2D eigenvalue weighted by molar-refractivity contribution is -0.240. The predicted octanol–water partition coefficient (Wildman–Crippen LogP) is 4.48. The third-order valence-corrected chi connectivity index (χ3v) is 3.14. The van der Waals surface area contributed by atoms with E-state index in [9.17, 15) is 44.3 Å². The van der Waals surface area contributed by atoms with Crippen molar-refractivity contribution in [1.82, 2.24) is 0 Å². The maximum Gasteiger partial charge on any atom is 0.428 e. The number of hydrogen-bond acceptors (Lipinski definition) is 2. The van der Waals surface area contributed by atoms with Gasteiger partial charge in [-0.3, -0.25) is 4.39 Å². The lowest BCUT2D eigenvalue weighted by atomic mass is 9.98. The van der Waals surface area contributed by atoms with E-state index in [2.05, 4.69) is 11.3 Å². The minimum absolute atomic E-state index is 0.178. The lowest BCUT2D eigenvalue weighted by Crippen LogP contribution is -2.50. The summed E-state index contributed by atoms with van der Waals surface area (Å²) in [5, 5.41) is 0. The van der Waals surface area contributed by atoms with Crippen molar-refractivity contribution in [3.05, 3.63) is 12.7 Å². The monoisotopic (exact) mass is 388 g/mol. The molecule has 0 N–H and O–H groups in total. The van der Waals surface area contributed by atoms with Gasteiger partial charge in [-0.1, -0.05) is 6.58 Å². The molecule has 0 radical (unpaired) electrons. The molecule has 6 atom stereocenters. The first-order valence-electron chi connectivity index (χ1n) is 7.13. The van der Waals surface area contributed by atoms with Gasteiger partial charge >= 0.3 is 12.1 Å². The molecule has 0 spiro atoms. The van der Waals surface area contributed by atoms with E-state index in [0.29, 0.717) is 0 Å². The molecule has 148 valence electrons. The highest BCUT2D eigenvalue weighted by atomic mass is 19.4. The highest BCUT2D eigenvalue weighted by molar-refractivity contribution is 5.81. The van der Waals surface area contributed by atoms with Gasteiger partial charge in [-0.05, 0) is 19.3 Å². The molecule has 0 aromatic carbocycles. The number of alkyl halides is 9. The Bertz CT molecular complexity index is 416. The molecule has 2 nitrogen and oxygen atoms in total. The summed E-state index contributed by atoms with van der Waals surface area (Å²) < 4.78 is 121. The van der Waals surface area contributed by atoms with Crippen molar-refractivity contribution < 1.29 is 49.0 Å². The summed E-state index contributed by atoms with van der Waals surface area (Å²) in [7, 11) is 0. The Morgan fingerprint density at radius 1 is 0.960 bits per heavy atom. The predicted molar refractivity (Wildman–Crippen MR) is 70.4 cm³/mol. The van der Waals surface area contributed by atoms with Crippen molar-refractivity contribution in [3.8, 4) is 0 Å². The number of carbonyl (C=O) groups excluding carboxylic acids is 1. The first-order chi connectivity index (χ1) is 11.5. The van der Waals surface area contributed by atoms with E-state index in [1.165, 1.54) is 0 Å². The number of ether oxygens (including phenoxy) is 1. The van der Waals surface area contributed by atoms with E-state index in [0.717, 1.165) is 0 Å². The van der Waals surface area contributed by atoms with Crippen molar-refractivity contribution in [2.45, 2.75) is 62.4 Å². The van der Waals surface area contributed by atoms with Crippen LogP contribution in [0.4, 0.5) is 39.5 Å². The Morgan fingerprint density at radius 2 is 1.48 bits per heavy atom. The van der Waals surface area contributed by atoms with Crippen LogP contribution >= 0.6 is 0 Å². The molecule has 0 rings (SSSR count). The Balaban J connectivity index is 5.02. The summed E-state index contributed by atoms with van der Waals surface area (Å²) in [4.78, 5) is 10.8. The van der Waals surface area contributed by atoms with Crippen LogP contribution in [0.3, 0.4) is 0 Å². The minimum atomic E-state index is -5.62. The van der Waals surface area contributed by atoms with E-state index in [1.807, 2.05) is 0 Å². The molecule has 25 heavy (non-hydrogen) atoms. The van der Waals surface area contributed by atoms with Crippen LogP contribution in [0.5, 0.6) is 0 Å². The van der Waals surface area contributed by atoms with Gasteiger partial charge < -0.3 is 4.74 Å². The molecule has 0 amide bonds. The van der Waals surface area contributed by atoms with Crippen molar-refractivity contribution >= 4 is 5.97 Å². The molecule has 0 heterocycles. The molecule has 0 aliphatic heterocycles. The molecule has 0 saturated heterocycles. The first kappa shape index (κ1) is 23.6. The average Bonchev–Trinajstić information content (AvgIpc) is 2.55. The summed E-state index contributed by atoms with van der Waals surface area (Å²) in [5.41, 5.74) is 0. The van der Waals surface area contributed by atoms with Gasteiger partial charge in [0, 0.05) is 6.08 Å². The average molecular weight is 388 g/mol. The van der Waals surface area contributed by atoms with Crippen molar-refractivity contribution in [2.75, 3.05) is 6.67 Å². The molecule has 0 saturated carbocycles. The van der Waals surface area contributed by atoms with Crippen LogP contribution in [-0.2, 0) is 9.53 Å². The van der Waals surface area contributed by atoms with E-state index in [4.69, 9.17) is 0 Å². The molecule has 0 aliphatic carbocycles. The van der Waals surface area contributed by atoms with Gasteiger partial charge in [0.2, 0.25) is 6.10 Å². The molecular weight excluding hydrogens is 371 g/mol. The number of hydrogen-bond donors (Lipinski definition) is 0. The Kier molecular flexibility index (Phi) is 9.95. The van der Waals surface area contributed by atoms with Crippen molar-refractivity contribution in [3.63, 3.8) is 0 Å². The number of rotatable bonds is 11. The number of unbranched alkanes of at least 4 members (excludes halogenated alkanes) is 1. The third kappa shape index (κ3) is 7.55. The zero-order chi connectivity index (χ0) is 19.8. The second-order valence-electron chi connectivity index (χ2n) is 5.08. The third-order valence-electron chi connectivity index (χ3n) is 3.14. The van der Waals surface area contributed by atoms with Gasteiger partial charge in [-0.2, -0.15) is 13.2 Å². The van der Waals surface area contributed by atoms with Gasteiger partial charge in [0.05, 0.1) is 6.67 Å². The highest BCUT2D eigenvalue weighted by Crippen LogP contribution is 2.33. The Hall–Kier alpha value is -1.42. The second kappa shape index (κ2) is 10.5. The largest absolute Gasteiger partial charge is 0.446 e. The molecule has 11 heteroatoms. The smallest absolute Gasteiger partial charge is 0.428 e. The van der Waals surface area contributed by atoms with Gasteiger partial charge in [0.25, 0.3) is 0 Å². The fourth-order valence-electron chi connectivity index (χ4n) is 1.80. The van der Waals surface area contributed by atoms with Gasteiger partial charge in [-0.25, -0.2) is 26.7 Å². The zero-order valence-corrected chi connectivity index (χ0v) is 12.8. The molecule has 0 fully saturated rings. The molecule has 0 aliphatic rings. The van der Waals surface area contributed by atoms with E-state index >= 15 is 0 Å². The SMILES string of the molecule is C=CC(=O)OC(C(F)C(F)C(F)C(F)C(F)CCCCF)C(F)(F)F. The van der Waals surface area contributed by atoms with Crippen LogP contribution in [0, 0.1) is 0 Å². The highest BCUT2D eigenvalue weighted by Gasteiger charge is 2.54. The number of esters is 1. The molecule has 6 unspecified atom stereocenters. The van der Waals surface area contributed by atoms with Crippen LogP contribution in [0.15, 0.2) is 12.7 Å². The fraction of sp³-hybridized carbons (Fsp3) is 0.786. The van der Waals surface area contributed by atoms with Gasteiger partial charge in [0.15, 0.2) is 24.7 Å². The van der Waals surface area contributed by atoms with Crippen LogP contribution in [0.25, 0.3) is 0 Å². The van der Waals surface area contributed by atoms with E-state index in [1.54, 1.807) is 0 Å². The Labute approximate surface area is 138 Å². The standard InChI is InChI=1S/C14H17F9O2/c1-2-8(24)25-13(14(21,22)23)12(20)11(19)10(18)9(17)7(16)5-3-4-6-15/h2,7,9-13H,1,3-6H2. The molecular formula is C14H17F9O2. The van der Waals surface area contributed by atoms with Crippen LogP contribution < -0.4 is 0 Å². The summed E-state index contributed by atoms with van der Waals surface area (Å²) in [6.07, 6.45) is -27.3. The summed E-state index contributed by atoms with van der Waals surface area (Å²) in [6, 6.07) is 0. The number of halogens is 9. The van der Waals surface area contributed by atoms with Crippen LogP contribution in [-0.4, -0.2) is 55.8 Å². The minimum Gasteiger partial charge on any atom is -0.446 e. The normalized spacial score (nSPS) is 19.4.